The zero-order valence-electron chi connectivity index (χ0n) is 10.6. The van der Waals surface area contributed by atoms with Crippen LogP contribution in [-0.4, -0.2) is 30.1 Å². The normalized spacial score (nSPS) is 11.9. The number of aromatic nitrogens is 1. The second kappa shape index (κ2) is 7.13. The van der Waals surface area contributed by atoms with Gasteiger partial charge in [0.2, 0.25) is 0 Å². The number of carbonyl (C=O) groups is 1. The Morgan fingerprint density at radius 3 is 3.00 bits per heavy atom. The number of nitrogens with one attached hydrogen (secondary N) is 1. The lowest BCUT2D eigenvalue weighted by Gasteiger charge is -2.12. The average molecular weight is 269 g/mol. The number of ether oxygens (including phenoxy) is 1. The molecule has 0 aliphatic carbocycles. The van der Waals surface area contributed by atoms with Crippen molar-refractivity contribution in [3.8, 4) is 0 Å². The first kappa shape index (κ1) is 14.7. The van der Waals surface area contributed by atoms with Crippen LogP contribution in [0.15, 0.2) is 24.8 Å². The minimum Gasteiger partial charge on any atom is -0.373 e. The van der Waals surface area contributed by atoms with Crippen molar-refractivity contribution in [1.29, 1.82) is 0 Å². The average Bonchev–Trinajstić information content (AvgIpc) is 2.32. The Balaban J connectivity index is 2.52. The lowest BCUT2D eigenvalue weighted by atomic mass is 10.2. The van der Waals surface area contributed by atoms with Crippen LogP contribution in [0.4, 0.5) is 0 Å². The van der Waals surface area contributed by atoms with E-state index in [0.717, 1.165) is 0 Å². The standard InChI is InChI=1S/C13H17ClN2O2/c1-4-5-18-10(3)8-15-13(17)11-6-9(2)16-12(14)7-11/h4,6-7,10H,1,5,8H2,2-3H3,(H,15,17). The number of halogens is 1. The van der Waals surface area contributed by atoms with Crippen molar-refractivity contribution < 1.29 is 9.53 Å². The van der Waals surface area contributed by atoms with Gasteiger partial charge in [-0.2, -0.15) is 0 Å². The number of aryl methyl sites for hydroxylation is 1. The van der Waals surface area contributed by atoms with Gasteiger partial charge >= 0.3 is 0 Å². The van der Waals surface area contributed by atoms with Gasteiger partial charge in [-0.05, 0) is 26.0 Å². The maximum absolute atomic E-state index is 11.9. The fraction of sp³-hybridized carbons (Fsp3) is 0.385. The molecule has 1 amide bonds. The van der Waals surface area contributed by atoms with Gasteiger partial charge in [0.05, 0.1) is 12.7 Å². The van der Waals surface area contributed by atoms with Crippen LogP contribution in [0.3, 0.4) is 0 Å². The number of carbonyl (C=O) groups excluding carboxylic acids is 1. The van der Waals surface area contributed by atoms with E-state index in [-0.39, 0.29) is 12.0 Å². The first-order chi connectivity index (χ1) is 8.52. The molecule has 1 aromatic rings. The van der Waals surface area contributed by atoms with Crippen molar-refractivity contribution in [3.63, 3.8) is 0 Å². The maximum Gasteiger partial charge on any atom is 0.251 e. The number of pyridine rings is 1. The van der Waals surface area contributed by atoms with Gasteiger partial charge in [-0.25, -0.2) is 4.98 Å². The summed E-state index contributed by atoms with van der Waals surface area (Å²) in [4.78, 5) is 15.9. The number of hydrogen-bond donors (Lipinski definition) is 1. The van der Waals surface area contributed by atoms with E-state index in [1.165, 1.54) is 0 Å². The number of rotatable bonds is 6. The van der Waals surface area contributed by atoms with Crippen molar-refractivity contribution in [2.24, 2.45) is 0 Å². The molecule has 98 valence electrons. The quantitative estimate of drug-likeness (QED) is 0.637. The van der Waals surface area contributed by atoms with Gasteiger partial charge in [-0.15, -0.1) is 6.58 Å². The largest absolute Gasteiger partial charge is 0.373 e. The van der Waals surface area contributed by atoms with E-state index in [1.54, 1.807) is 25.1 Å². The summed E-state index contributed by atoms with van der Waals surface area (Å²) in [5.41, 5.74) is 1.21. The molecular formula is C13H17ClN2O2. The van der Waals surface area contributed by atoms with Gasteiger partial charge in [0.25, 0.3) is 5.91 Å². The summed E-state index contributed by atoms with van der Waals surface area (Å²) in [5.74, 6) is -0.184. The van der Waals surface area contributed by atoms with Crippen LogP contribution in [0.1, 0.15) is 23.0 Å². The Morgan fingerprint density at radius 2 is 2.39 bits per heavy atom. The minimum atomic E-state index is -0.184. The monoisotopic (exact) mass is 268 g/mol. The Hall–Kier alpha value is -1.39. The number of nitrogens with zero attached hydrogens (tertiary/aromatic N) is 1. The molecule has 0 radical (unpaired) electrons. The molecular weight excluding hydrogens is 252 g/mol. The van der Waals surface area contributed by atoms with Crippen LogP contribution in [0.25, 0.3) is 0 Å². The highest BCUT2D eigenvalue weighted by Crippen LogP contribution is 2.10. The highest BCUT2D eigenvalue weighted by molar-refractivity contribution is 6.29. The molecule has 1 atom stereocenters. The third kappa shape index (κ3) is 4.85. The summed E-state index contributed by atoms with van der Waals surface area (Å²) in [5, 5.41) is 3.09. The molecule has 0 aromatic carbocycles. The fourth-order valence-electron chi connectivity index (χ4n) is 1.39. The molecule has 4 nitrogen and oxygen atoms in total. The molecule has 1 unspecified atom stereocenters. The Bertz CT molecular complexity index is 415. The van der Waals surface area contributed by atoms with Crippen molar-refractivity contribution in [1.82, 2.24) is 10.3 Å². The number of amides is 1. The number of hydrogen-bond acceptors (Lipinski definition) is 3. The van der Waals surface area contributed by atoms with Gasteiger partial charge in [-0.1, -0.05) is 17.7 Å². The van der Waals surface area contributed by atoms with Crippen molar-refractivity contribution >= 4 is 17.5 Å². The van der Waals surface area contributed by atoms with Crippen LogP contribution in [0.5, 0.6) is 0 Å². The molecule has 0 fully saturated rings. The molecule has 0 aliphatic heterocycles. The Kier molecular flexibility index (Phi) is 5.82. The van der Waals surface area contributed by atoms with E-state index in [0.29, 0.717) is 29.6 Å². The lowest BCUT2D eigenvalue weighted by molar-refractivity contribution is 0.0769. The molecule has 1 N–H and O–H groups in total. The summed E-state index contributed by atoms with van der Waals surface area (Å²) in [6, 6.07) is 3.23. The predicted molar refractivity (Wildman–Crippen MR) is 71.9 cm³/mol. The second-order valence-corrected chi connectivity index (χ2v) is 4.35. The van der Waals surface area contributed by atoms with Gasteiger partial charge < -0.3 is 10.1 Å². The van der Waals surface area contributed by atoms with E-state index in [4.69, 9.17) is 16.3 Å². The lowest BCUT2D eigenvalue weighted by Crippen LogP contribution is -2.32. The highest BCUT2D eigenvalue weighted by atomic mass is 35.5. The SMILES string of the molecule is C=CCOC(C)CNC(=O)c1cc(C)nc(Cl)c1. The molecule has 1 rings (SSSR count). The molecule has 18 heavy (non-hydrogen) atoms. The first-order valence-electron chi connectivity index (χ1n) is 5.68. The minimum absolute atomic E-state index is 0.0645. The predicted octanol–water partition coefficient (Wildman–Crippen LogP) is 2.36. The van der Waals surface area contributed by atoms with Crippen LogP contribution in [-0.2, 0) is 4.74 Å². The third-order valence-corrected chi connectivity index (χ3v) is 2.43. The third-order valence-electron chi connectivity index (χ3n) is 2.23. The first-order valence-corrected chi connectivity index (χ1v) is 6.05. The van der Waals surface area contributed by atoms with Crippen LogP contribution >= 0.6 is 11.6 Å². The van der Waals surface area contributed by atoms with Gasteiger partial charge in [0.15, 0.2) is 0 Å². The fourth-order valence-corrected chi connectivity index (χ4v) is 1.64. The van der Waals surface area contributed by atoms with Crippen LogP contribution in [0.2, 0.25) is 5.15 Å². The Labute approximate surface area is 112 Å². The molecule has 0 saturated heterocycles. The van der Waals surface area contributed by atoms with Crippen LogP contribution in [0, 0.1) is 6.92 Å². The van der Waals surface area contributed by atoms with Crippen molar-refractivity contribution in [2.75, 3.05) is 13.2 Å². The zero-order chi connectivity index (χ0) is 13.5. The molecule has 1 heterocycles. The summed E-state index contributed by atoms with van der Waals surface area (Å²) in [6.45, 7) is 8.14. The van der Waals surface area contributed by atoms with E-state index in [9.17, 15) is 4.79 Å². The summed E-state index contributed by atoms with van der Waals surface area (Å²) < 4.78 is 5.35. The summed E-state index contributed by atoms with van der Waals surface area (Å²) >= 11 is 5.80. The molecule has 0 bridgehead atoms. The topological polar surface area (TPSA) is 51.2 Å². The van der Waals surface area contributed by atoms with Gasteiger partial charge in [0, 0.05) is 17.8 Å². The van der Waals surface area contributed by atoms with E-state index in [2.05, 4.69) is 16.9 Å². The van der Waals surface area contributed by atoms with E-state index < -0.39 is 0 Å². The zero-order valence-corrected chi connectivity index (χ0v) is 11.3. The van der Waals surface area contributed by atoms with E-state index >= 15 is 0 Å². The highest BCUT2D eigenvalue weighted by Gasteiger charge is 2.09. The summed E-state index contributed by atoms with van der Waals surface area (Å²) in [7, 11) is 0. The van der Waals surface area contributed by atoms with Crippen molar-refractivity contribution in [3.05, 3.63) is 41.2 Å². The van der Waals surface area contributed by atoms with E-state index in [1.807, 2.05) is 6.92 Å². The van der Waals surface area contributed by atoms with Crippen LogP contribution < -0.4 is 5.32 Å². The maximum atomic E-state index is 11.9. The molecule has 5 heteroatoms. The van der Waals surface area contributed by atoms with Gasteiger partial charge in [0.1, 0.15) is 5.15 Å². The Morgan fingerprint density at radius 1 is 1.67 bits per heavy atom. The van der Waals surface area contributed by atoms with Gasteiger partial charge in [-0.3, -0.25) is 4.79 Å². The van der Waals surface area contributed by atoms with Crippen molar-refractivity contribution in [2.45, 2.75) is 20.0 Å². The molecule has 0 spiro atoms. The second-order valence-electron chi connectivity index (χ2n) is 3.96. The molecule has 0 saturated carbocycles. The smallest absolute Gasteiger partial charge is 0.251 e. The molecule has 1 aromatic heterocycles. The summed E-state index contributed by atoms with van der Waals surface area (Å²) in [6.07, 6.45) is 1.61. The molecule has 0 aliphatic rings.